The third-order valence-corrected chi connectivity index (χ3v) is 3.57. The highest BCUT2D eigenvalue weighted by Crippen LogP contribution is 2.20. The molecule has 0 radical (unpaired) electrons. The molecule has 0 unspecified atom stereocenters. The monoisotopic (exact) mass is 305 g/mol. The van der Waals surface area contributed by atoms with E-state index in [4.69, 9.17) is 0 Å². The van der Waals surface area contributed by atoms with Crippen LogP contribution in [0.2, 0.25) is 0 Å². The lowest BCUT2D eigenvalue weighted by molar-refractivity contribution is -0.134. The zero-order valence-electron chi connectivity index (χ0n) is 12.6. The third kappa shape index (κ3) is 3.06. The lowest BCUT2D eigenvalue weighted by Crippen LogP contribution is -2.10. The van der Waals surface area contributed by atoms with Crippen molar-refractivity contribution in [2.24, 2.45) is 0 Å². The number of esters is 1. The van der Waals surface area contributed by atoms with Gasteiger partial charge in [-0.3, -0.25) is 9.36 Å². The van der Waals surface area contributed by atoms with Crippen LogP contribution < -0.4 is 0 Å². The summed E-state index contributed by atoms with van der Waals surface area (Å²) < 4.78 is 6.19. The van der Waals surface area contributed by atoms with Gasteiger partial charge < -0.3 is 4.74 Å². The van der Waals surface area contributed by atoms with Crippen LogP contribution in [-0.2, 0) is 9.53 Å². The van der Waals surface area contributed by atoms with E-state index in [0.717, 1.165) is 16.5 Å². The zero-order valence-corrected chi connectivity index (χ0v) is 12.6. The largest absolute Gasteiger partial charge is 0.466 e. The molecular formula is C19H15NO3. The summed E-state index contributed by atoms with van der Waals surface area (Å²) >= 11 is 0. The Morgan fingerprint density at radius 1 is 1.04 bits per heavy atom. The van der Waals surface area contributed by atoms with E-state index in [0.29, 0.717) is 5.56 Å². The number of fused-ring (bicyclic) bond motifs is 1. The molecule has 0 aliphatic heterocycles. The highest BCUT2D eigenvalue weighted by atomic mass is 16.5. The molecule has 1 aromatic heterocycles. The Bertz CT molecular complexity index is 891. The first-order valence-corrected chi connectivity index (χ1v) is 7.16. The molecule has 4 heteroatoms. The number of nitrogens with zero attached hydrogens (tertiary/aromatic N) is 1. The Morgan fingerprint density at radius 3 is 2.57 bits per heavy atom. The number of hydrogen-bond acceptors (Lipinski definition) is 3. The second kappa shape index (κ2) is 6.32. The molecule has 0 N–H and O–H groups in total. The van der Waals surface area contributed by atoms with E-state index < -0.39 is 5.97 Å². The van der Waals surface area contributed by atoms with Crippen molar-refractivity contribution in [3.8, 4) is 0 Å². The molecule has 3 rings (SSSR count). The van der Waals surface area contributed by atoms with Crippen molar-refractivity contribution in [2.75, 3.05) is 7.11 Å². The lowest BCUT2D eigenvalue weighted by atomic mass is 10.1. The second-order valence-corrected chi connectivity index (χ2v) is 5.03. The zero-order chi connectivity index (χ0) is 16.2. The Kier molecular flexibility index (Phi) is 4.06. The summed E-state index contributed by atoms with van der Waals surface area (Å²) in [6, 6.07) is 16.7. The number of benzene rings is 2. The van der Waals surface area contributed by atoms with E-state index in [1.165, 1.54) is 13.2 Å². The first-order chi connectivity index (χ1) is 11.2. The maximum absolute atomic E-state index is 12.5. The van der Waals surface area contributed by atoms with E-state index >= 15 is 0 Å². The number of hydrogen-bond donors (Lipinski definition) is 0. The average molecular weight is 305 g/mol. The minimum atomic E-state index is -0.401. The molecule has 3 aromatic rings. The van der Waals surface area contributed by atoms with Crippen LogP contribution >= 0.6 is 0 Å². The molecule has 0 aliphatic rings. The molecule has 2 aromatic carbocycles. The van der Waals surface area contributed by atoms with E-state index in [1.807, 2.05) is 42.5 Å². The predicted octanol–water partition coefficient (Wildman–Crippen LogP) is 3.52. The van der Waals surface area contributed by atoms with Gasteiger partial charge in [-0.2, -0.15) is 0 Å². The minimum Gasteiger partial charge on any atom is -0.466 e. The van der Waals surface area contributed by atoms with Gasteiger partial charge >= 0.3 is 5.97 Å². The van der Waals surface area contributed by atoms with Crippen molar-refractivity contribution in [1.82, 2.24) is 4.57 Å². The molecule has 0 amide bonds. The minimum absolute atomic E-state index is 0.0709. The number of carbonyl (C=O) groups is 2. The van der Waals surface area contributed by atoms with E-state index in [9.17, 15) is 9.59 Å². The molecule has 0 spiro atoms. The highest BCUT2D eigenvalue weighted by molar-refractivity contribution is 6.02. The van der Waals surface area contributed by atoms with Crippen LogP contribution in [0.25, 0.3) is 17.0 Å². The Balaban J connectivity index is 1.95. The molecule has 23 heavy (non-hydrogen) atoms. The van der Waals surface area contributed by atoms with Gasteiger partial charge in [-0.05, 0) is 42.0 Å². The van der Waals surface area contributed by atoms with Gasteiger partial charge in [-0.25, -0.2) is 4.79 Å². The van der Waals surface area contributed by atoms with Crippen molar-refractivity contribution in [3.05, 3.63) is 78.0 Å². The summed E-state index contributed by atoms with van der Waals surface area (Å²) in [5, 5.41) is 0.932. The van der Waals surface area contributed by atoms with Gasteiger partial charge in [0.15, 0.2) is 0 Å². The first kappa shape index (κ1) is 14.8. The van der Waals surface area contributed by atoms with Crippen LogP contribution in [0.15, 0.2) is 66.9 Å². The maximum Gasteiger partial charge on any atom is 0.330 e. The normalized spacial score (nSPS) is 11.0. The Hall–Kier alpha value is -3.14. The summed E-state index contributed by atoms with van der Waals surface area (Å²) in [5.74, 6) is -0.472. The van der Waals surface area contributed by atoms with Crippen LogP contribution in [0.3, 0.4) is 0 Å². The summed E-state index contributed by atoms with van der Waals surface area (Å²) in [6.07, 6.45) is 4.81. The van der Waals surface area contributed by atoms with Gasteiger partial charge in [-0.1, -0.05) is 24.3 Å². The molecule has 4 nitrogen and oxygen atoms in total. The van der Waals surface area contributed by atoms with Gasteiger partial charge in [0.25, 0.3) is 5.91 Å². The van der Waals surface area contributed by atoms with Crippen LogP contribution in [0.1, 0.15) is 15.9 Å². The number of rotatable bonds is 3. The van der Waals surface area contributed by atoms with Gasteiger partial charge in [0, 0.05) is 23.2 Å². The van der Waals surface area contributed by atoms with Gasteiger partial charge in [0.2, 0.25) is 0 Å². The summed E-state index contributed by atoms with van der Waals surface area (Å²) in [6.45, 7) is 0. The van der Waals surface area contributed by atoms with E-state index in [1.54, 1.807) is 29.0 Å². The Morgan fingerprint density at radius 2 is 1.83 bits per heavy atom. The third-order valence-electron chi connectivity index (χ3n) is 3.57. The molecule has 0 saturated heterocycles. The van der Waals surface area contributed by atoms with Crippen molar-refractivity contribution in [1.29, 1.82) is 0 Å². The molecular weight excluding hydrogens is 290 g/mol. The van der Waals surface area contributed by atoms with Crippen LogP contribution in [0.4, 0.5) is 0 Å². The quantitative estimate of drug-likeness (QED) is 0.549. The molecule has 0 aliphatic carbocycles. The topological polar surface area (TPSA) is 48.3 Å². The summed E-state index contributed by atoms with van der Waals surface area (Å²) in [4.78, 5) is 23.7. The second-order valence-electron chi connectivity index (χ2n) is 5.03. The van der Waals surface area contributed by atoms with Gasteiger partial charge in [0.1, 0.15) is 0 Å². The van der Waals surface area contributed by atoms with Crippen LogP contribution in [0, 0.1) is 0 Å². The number of carbonyl (C=O) groups excluding carboxylic acids is 2. The van der Waals surface area contributed by atoms with Crippen molar-refractivity contribution >= 4 is 28.9 Å². The number of ether oxygens (including phenoxy) is 1. The standard InChI is InChI=1S/C19H15NO3/c1-23-18(21)10-8-14-7-9-17-16(13-14)11-12-20(17)19(22)15-5-3-2-4-6-15/h2-13H,1H3/b10-8+. The number of aromatic nitrogens is 1. The van der Waals surface area contributed by atoms with Gasteiger partial charge in [-0.15, -0.1) is 0 Å². The molecule has 114 valence electrons. The Labute approximate surface area is 133 Å². The molecule has 0 bridgehead atoms. The predicted molar refractivity (Wildman–Crippen MR) is 89.2 cm³/mol. The van der Waals surface area contributed by atoms with Crippen molar-refractivity contribution in [2.45, 2.75) is 0 Å². The van der Waals surface area contributed by atoms with Gasteiger partial charge in [0.05, 0.1) is 12.6 Å². The smallest absolute Gasteiger partial charge is 0.330 e. The molecule has 0 fully saturated rings. The van der Waals surface area contributed by atoms with Crippen molar-refractivity contribution in [3.63, 3.8) is 0 Å². The van der Waals surface area contributed by atoms with E-state index in [2.05, 4.69) is 4.74 Å². The lowest BCUT2D eigenvalue weighted by Gasteiger charge is -2.04. The fourth-order valence-corrected chi connectivity index (χ4v) is 2.39. The average Bonchev–Trinajstić information content (AvgIpc) is 3.02. The summed E-state index contributed by atoms with van der Waals surface area (Å²) in [5.41, 5.74) is 2.33. The fraction of sp³-hybridized carbons (Fsp3) is 0.0526. The summed E-state index contributed by atoms with van der Waals surface area (Å²) in [7, 11) is 1.34. The van der Waals surface area contributed by atoms with Crippen molar-refractivity contribution < 1.29 is 14.3 Å². The SMILES string of the molecule is COC(=O)/C=C/c1ccc2c(ccn2C(=O)c2ccccc2)c1. The highest BCUT2D eigenvalue weighted by Gasteiger charge is 2.10. The maximum atomic E-state index is 12.5. The number of methoxy groups -OCH3 is 1. The van der Waals surface area contributed by atoms with Crippen LogP contribution in [-0.4, -0.2) is 23.6 Å². The molecule has 0 saturated carbocycles. The van der Waals surface area contributed by atoms with E-state index in [-0.39, 0.29) is 5.91 Å². The van der Waals surface area contributed by atoms with Crippen LogP contribution in [0.5, 0.6) is 0 Å². The molecule has 1 heterocycles. The fourth-order valence-electron chi connectivity index (χ4n) is 2.39. The first-order valence-electron chi connectivity index (χ1n) is 7.16. The molecule has 0 atom stereocenters.